The van der Waals surface area contributed by atoms with Gasteiger partial charge in [-0.3, -0.25) is 4.79 Å². The topological polar surface area (TPSA) is 98.6 Å². The highest BCUT2D eigenvalue weighted by atomic mass is 16.4. The third kappa shape index (κ3) is 2.92. The lowest BCUT2D eigenvalue weighted by Gasteiger charge is -2.18. The fourth-order valence-corrected chi connectivity index (χ4v) is 1.59. The number of hydrogen-bond acceptors (Lipinski definition) is 6. The third-order valence-corrected chi connectivity index (χ3v) is 2.55. The Kier molecular flexibility index (Phi) is 3.55. The van der Waals surface area contributed by atoms with Crippen molar-refractivity contribution in [2.24, 2.45) is 0 Å². The minimum absolute atomic E-state index is 0.0231. The van der Waals surface area contributed by atoms with Crippen molar-refractivity contribution in [2.45, 2.75) is 6.42 Å². The molecule has 0 bridgehead atoms. The molecule has 0 spiro atoms. The number of hydrogen-bond donors (Lipinski definition) is 3. The molecule has 1 saturated heterocycles. The Hall–Kier alpha value is -1.67. The molecule has 0 aliphatic carbocycles. The monoisotopic (exact) mass is 236 g/mol. The Balaban J connectivity index is 2.08. The number of carbonyl (C=O) groups excluding carboxylic acids is 1. The first-order chi connectivity index (χ1) is 8.16. The molecule has 0 saturated carbocycles. The maximum atomic E-state index is 11.2. The summed E-state index contributed by atoms with van der Waals surface area (Å²) in [6.45, 7) is 1.77. The molecule has 2 rings (SSSR count). The Morgan fingerprint density at radius 1 is 1.29 bits per heavy atom. The van der Waals surface area contributed by atoms with Crippen molar-refractivity contribution >= 4 is 24.4 Å². The lowest BCUT2D eigenvalue weighted by atomic mass is 9.83. The van der Waals surface area contributed by atoms with E-state index in [4.69, 9.17) is 10.0 Å². The van der Waals surface area contributed by atoms with Crippen LogP contribution in [0.25, 0.3) is 0 Å². The van der Waals surface area contributed by atoms with E-state index < -0.39 is 7.12 Å². The lowest BCUT2D eigenvalue weighted by molar-refractivity contribution is -0.120. The standard InChI is InChI=1S/C9H13BN4O3/c15-8-1-3-14(4-2-11-8)9-12-5-7(6-13-9)10(16)17/h5-6,16-17H,1-4H2,(H,11,15). The second kappa shape index (κ2) is 5.11. The van der Waals surface area contributed by atoms with Crippen molar-refractivity contribution in [1.82, 2.24) is 15.3 Å². The van der Waals surface area contributed by atoms with Crippen LogP contribution in [0.2, 0.25) is 0 Å². The zero-order valence-electron chi connectivity index (χ0n) is 9.20. The average Bonchev–Trinajstić information content (AvgIpc) is 2.54. The fraction of sp³-hybridized carbons (Fsp3) is 0.444. The maximum absolute atomic E-state index is 11.2. The third-order valence-electron chi connectivity index (χ3n) is 2.55. The number of anilines is 1. The van der Waals surface area contributed by atoms with Gasteiger partial charge in [-0.25, -0.2) is 9.97 Å². The molecule has 1 aliphatic rings. The van der Waals surface area contributed by atoms with Crippen LogP contribution in [0.5, 0.6) is 0 Å². The SMILES string of the molecule is O=C1CCN(c2ncc(B(O)O)cn2)CCN1. The number of amides is 1. The van der Waals surface area contributed by atoms with E-state index in [0.29, 0.717) is 32.0 Å². The van der Waals surface area contributed by atoms with E-state index in [1.54, 1.807) is 0 Å². The Morgan fingerprint density at radius 2 is 2.00 bits per heavy atom. The molecule has 2 heterocycles. The van der Waals surface area contributed by atoms with E-state index in [0.717, 1.165) is 0 Å². The van der Waals surface area contributed by atoms with Crippen LogP contribution in [0.1, 0.15) is 6.42 Å². The summed E-state index contributed by atoms with van der Waals surface area (Å²) in [6, 6.07) is 0. The molecule has 7 nitrogen and oxygen atoms in total. The summed E-state index contributed by atoms with van der Waals surface area (Å²) < 4.78 is 0. The van der Waals surface area contributed by atoms with Gasteiger partial charge in [-0.1, -0.05) is 0 Å². The van der Waals surface area contributed by atoms with Crippen LogP contribution in [-0.4, -0.2) is 52.7 Å². The van der Waals surface area contributed by atoms with E-state index in [-0.39, 0.29) is 11.4 Å². The molecule has 3 N–H and O–H groups in total. The summed E-state index contributed by atoms with van der Waals surface area (Å²) in [5, 5.41) is 20.6. The van der Waals surface area contributed by atoms with Crippen LogP contribution in [-0.2, 0) is 4.79 Å². The first-order valence-electron chi connectivity index (χ1n) is 5.36. The molecular formula is C9H13BN4O3. The van der Waals surface area contributed by atoms with Gasteiger partial charge in [0.25, 0.3) is 0 Å². The predicted octanol–water partition coefficient (Wildman–Crippen LogP) is -2.52. The zero-order valence-corrected chi connectivity index (χ0v) is 9.20. The molecule has 8 heteroatoms. The lowest BCUT2D eigenvalue weighted by Crippen LogP contribution is -2.33. The minimum atomic E-state index is -1.56. The van der Waals surface area contributed by atoms with Gasteiger partial charge in [0.2, 0.25) is 11.9 Å². The van der Waals surface area contributed by atoms with Crippen molar-refractivity contribution in [3.8, 4) is 0 Å². The summed E-state index contributed by atoms with van der Waals surface area (Å²) in [5.74, 6) is 0.515. The Bertz CT molecular complexity index is 398. The zero-order chi connectivity index (χ0) is 12.3. The van der Waals surface area contributed by atoms with Crippen LogP contribution in [0.4, 0.5) is 5.95 Å². The predicted molar refractivity (Wildman–Crippen MR) is 61.7 cm³/mol. The second-order valence-corrected chi connectivity index (χ2v) is 3.78. The van der Waals surface area contributed by atoms with Crippen LogP contribution in [0.3, 0.4) is 0 Å². The minimum Gasteiger partial charge on any atom is -0.423 e. The van der Waals surface area contributed by atoms with Gasteiger partial charge < -0.3 is 20.3 Å². The molecule has 17 heavy (non-hydrogen) atoms. The Morgan fingerprint density at radius 3 is 2.65 bits per heavy atom. The van der Waals surface area contributed by atoms with Crippen molar-refractivity contribution in [3.63, 3.8) is 0 Å². The molecule has 1 amide bonds. The van der Waals surface area contributed by atoms with Gasteiger partial charge in [0.1, 0.15) is 0 Å². The molecule has 1 aliphatic heterocycles. The van der Waals surface area contributed by atoms with Crippen molar-refractivity contribution in [1.29, 1.82) is 0 Å². The van der Waals surface area contributed by atoms with E-state index in [9.17, 15) is 4.79 Å². The van der Waals surface area contributed by atoms with E-state index in [2.05, 4.69) is 15.3 Å². The van der Waals surface area contributed by atoms with Crippen LogP contribution < -0.4 is 15.7 Å². The summed E-state index contributed by atoms with van der Waals surface area (Å²) in [4.78, 5) is 21.1. The molecule has 1 aromatic rings. The van der Waals surface area contributed by atoms with E-state index in [1.807, 2.05) is 4.90 Å². The first kappa shape index (κ1) is 11.8. The molecule has 0 unspecified atom stereocenters. The number of nitrogens with zero attached hydrogens (tertiary/aromatic N) is 3. The summed E-state index contributed by atoms with van der Waals surface area (Å²) in [5.41, 5.74) is 0.248. The Labute approximate surface area is 98.6 Å². The second-order valence-electron chi connectivity index (χ2n) is 3.78. The normalized spacial score (nSPS) is 16.4. The first-order valence-corrected chi connectivity index (χ1v) is 5.36. The van der Waals surface area contributed by atoms with Gasteiger partial charge in [-0.05, 0) is 0 Å². The number of aromatic nitrogens is 2. The van der Waals surface area contributed by atoms with Crippen molar-refractivity contribution in [3.05, 3.63) is 12.4 Å². The van der Waals surface area contributed by atoms with Gasteiger partial charge in [0.05, 0.1) is 0 Å². The highest BCUT2D eigenvalue weighted by molar-refractivity contribution is 6.58. The summed E-state index contributed by atoms with van der Waals surface area (Å²) in [7, 11) is -1.56. The van der Waals surface area contributed by atoms with Gasteiger partial charge in [0.15, 0.2) is 0 Å². The summed E-state index contributed by atoms with van der Waals surface area (Å²) in [6.07, 6.45) is 3.15. The molecule has 0 radical (unpaired) electrons. The molecule has 0 aromatic carbocycles. The van der Waals surface area contributed by atoms with Crippen LogP contribution >= 0.6 is 0 Å². The van der Waals surface area contributed by atoms with Gasteiger partial charge >= 0.3 is 7.12 Å². The van der Waals surface area contributed by atoms with Gasteiger partial charge in [0, 0.05) is 43.9 Å². The fourth-order valence-electron chi connectivity index (χ4n) is 1.59. The molecular weight excluding hydrogens is 223 g/mol. The van der Waals surface area contributed by atoms with Crippen LogP contribution in [0.15, 0.2) is 12.4 Å². The van der Waals surface area contributed by atoms with Gasteiger partial charge in [-0.15, -0.1) is 0 Å². The highest BCUT2D eigenvalue weighted by Gasteiger charge is 2.17. The number of rotatable bonds is 2. The molecule has 1 fully saturated rings. The smallest absolute Gasteiger partial charge is 0.423 e. The van der Waals surface area contributed by atoms with Crippen molar-refractivity contribution < 1.29 is 14.8 Å². The van der Waals surface area contributed by atoms with E-state index >= 15 is 0 Å². The van der Waals surface area contributed by atoms with Crippen molar-refractivity contribution in [2.75, 3.05) is 24.5 Å². The molecule has 0 atom stereocenters. The number of nitrogens with one attached hydrogen (secondary N) is 1. The molecule has 90 valence electrons. The van der Waals surface area contributed by atoms with E-state index in [1.165, 1.54) is 12.4 Å². The largest absolute Gasteiger partial charge is 0.491 e. The quantitative estimate of drug-likeness (QED) is 0.490. The van der Waals surface area contributed by atoms with Gasteiger partial charge in [-0.2, -0.15) is 0 Å². The average molecular weight is 236 g/mol. The van der Waals surface area contributed by atoms with Crippen LogP contribution in [0, 0.1) is 0 Å². The molecule has 1 aromatic heterocycles. The number of carbonyl (C=O) groups is 1. The maximum Gasteiger partial charge on any atom is 0.491 e. The highest BCUT2D eigenvalue weighted by Crippen LogP contribution is 2.06. The summed E-state index contributed by atoms with van der Waals surface area (Å²) >= 11 is 0.